The zero-order valence-electron chi connectivity index (χ0n) is 17.9. The largest absolute Gasteiger partial charge is 0.497 e. The molecule has 0 saturated heterocycles. The molecular weight excluding hydrogens is 384 g/mol. The van der Waals surface area contributed by atoms with E-state index in [-0.39, 0.29) is 0 Å². The Labute approximate surface area is 182 Å². The fourth-order valence-electron chi connectivity index (χ4n) is 4.94. The molecule has 0 heterocycles. The zero-order valence-corrected chi connectivity index (χ0v) is 17.9. The fourth-order valence-corrected chi connectivity index (χ4v) is 4.94. The topological polar surface area (TPSA) is 27.7 Å². The lowest BCUT2D eigenvalue weighted by atomic mass is 9.67. The molecule has 4 aromatic carbocycles. The Hall–Kier alpha value is -3.72. The van der Waals surface area contributed by atoms with Crippen LogP contribution in [-0.2, 0) is 5.41 Å². The maximum atomic E-state index is 5.87. The number of para-hydroxylation sites is 1. The van der Waals surface area contributed by atoms with Crippen molar-refractivity contribution < 1.29 is 14.2 Å². The second-order valence-corrected chi connectivity index (χ2v) is 7.64. The van der Waals surface area contributed by atoms with Crippen molar-refractivity contribution in [2.45, 2.75) is 5.41 Å². The van der Waals surface area contributed by atoms with Crippen LogP contribution in [0.3, 0.4) is 0 Å². The van der Waals surface area contributed by atoms with Crippen molar-refractivity contribution in [3.63, 3.8) is 0 Å². The maximum absolute atomic E-state index is 5.87. The second-order valence-electron chi connectivity index (χ2n) is 7.64. The van der Waals surface area contributed by atoms with Gasteiger partial charge < -0.3 is 14.2 Å². The number of benzene rings is 4. The Bertz CT molecular complexity index is 1190. The van der Waals surface area contributed by atoms with Crippen molar-refractivity contribution in [3.05, 3.63) is 113 Å². The van der Waals surface area contributed by atoms with Crippen LogP contribution in [0.1, 0.15) is 22.3 Å². The van der Waals surface area contributed by atoms with E-state index in [9.17, 15) is 0 Å². The lowest BCUT2D eigenvalue weighted by Crippen LogP contribution is -2.29. The van der Waals surface area contributed by atoms with Crippen LogP contribution in [-0.4, -0.2) is 21.3 Å². The third kappa shape index (κ3) is 2.73. The summed E-state index contributed by atoms with van der Waals surface area (Å²) >= 11 is 0. The van der Waals surface area contributed by atoms with Crippen molar-refractivity contribution >= 4 is 0 Å². The molecule has 1 aliphatic carbocycles. The van der Waals surface area contributed by atoms with Gasteiger partial charge in [-0.1, -0.05) is 60.7 Å². The summed E-state index contributed by atoms with van der Waals surface area (Å²) in [5.74, 6) is 2.52. The predicted octanol–water partition coefficient (Wildman–Crippen LogP) is 6.08. The summed E-state index contributed by atoms with van der Waals surface area (Å²) in [4.78, 5) is 0. The summed E-state index contributed by atoms with van der Waals surface area (Å²) in [6.45, 7) is 0. The summed E-state index contributed by atoms with van der Waals surface area (Å²) in [5.41, 5.74) is 6.47. The molecule has 0 unspecified atom stereocenters. The third-order valence-corrected chi connectivity index (χ3v) is 6.27. The Morgan fingerprint density at radius 3 is 1.61 bits per heavy atom. The van der Waals surface area contributed by atoms with Gasteiger partial charge in [0.15, 0.2) is 0 Å². The Morgan fingerprint density at radius 2 is 1.06 bits per heavy atom. The van der Waals surface area contributed by atoms with Crippen LogP contribution in [0.4, 0.5) is 0 Å². The molecule has 0 fully saturated rings. The molecule has 0 bridgehead atoms. The average Bonchev–Trinajstić information content (AvgIpc) is 3.14. The standard InChI is InChI=1S/C28H24O3/c1-29-20-13-15-24-22(17-20)23-18-21(30-2)14-16-25(23)28(24,19-9-5-4-6-10-19)26-11-7-8-12-27(26)31-3/h4-18H,1-3H3. The van der Waals surface area contributed by atoms with Crippen molar-refractivity contribution in [1.29, 1.82) is 0 Å². The maximum Gasteiger partial charge on any atom is 0.123 e. The number of ether oxygens (including phenoxy) is 3. The van der Waals surface area contributed by atoms with E-state index in [4.69, 9.17) is 14.2 Å². The minimum absolute atomic E-state index is 0.517. The monoisotopic (exact) mass is 408 g/mol. The fraction of sp³-hybridized carbons (Fsp3) is 0.143. The molecule has 0 spiro atoms. The summed E-state index contributed by atoms with van der Waals surface area (Å²) in [6.07, 6.45) is 0. The smallest absolute Gasteiger partial charge is 0.123 e. The summed E-state index contributed by atoms with van der Waals surface area (Å²) in [5, 5.41) is 0. The van der Waals surface area contributed by atoms with Crippen LogP contribution in [0.15, 0.2) is 91.0 Å². The van der Waals surface area contributed by atoms with E-state index >= 15 is 0 Å². The van der Waals surface area contributed by atoms with Gasteiger partial charge in [0.2, 0.25) is 0 Å². The molecule has 0 atom stereocenters. The van der Waals surface area contributed by atoms with Crippen LogP contribution in [0, 0.1) is 0 Å². The first-order valence-corrected chi connectivity index (χ1v) is 10.3. The van der Waals surface area contributed by atoms with Gasteiger partial charge >= 0.3 is 0 Å². The number of methoxy groups -OCH3 is 3. The zero-order chi connectivity index (χ0) is 21.4. The quantitative estimate of drug-likeness (QED) is 0.353. The molecule has 3 heteroatoms. The third-order valence-electron chi connectivity index (χ3n) is 6.27. The van der Waals surface area contributed by atoms with E-state index in [1.165, 1.54) is 16.7 Å². The van der Waals surface area contributed by atoms with Crippen molar-refractivity contribution in [2.75, 3.05) is 21.3 Å². The van der Waals surface area contributed by atoms with Crippen LogP contribution < -0.4 is 14.2 Å². The Kier molecular flexibility index (Phi) is 4.67. The van der Waals surface area contributed by atoms with Crippen LogP contribution in [0.5, 0.6) is 17.2 Å². The van der Waals surface area contributed by atoms with E-state index in [1.807, 2.05) is 24.3 Å². The van der Waals surface area contributed by atoms with Gasteiger partial charge in [-0.25, -0.2) is 0 Å². The molecule has 0 radical (unpaired) electrons. The first-order chi connectivity index (χ1) is 15.2. The Morgan fingerprint density at radius 1 is 0.516 bits per heavy atom. The minimum atomic E-state index is -0.517. The van der Waals surface area contributed by atoms with Gasteiger partial charge in [0.1, 0.15) is 17.2 Å². The molecule has 0 saturated carbocycles. The molecule has 1 aliphatic rings. The molecule has 0 aliphatic heterocycles. The van der Waals surface area contributed by atoms with Gasteiger partial charge in [0, 0.05) is 5.56 Å². The second kappa shape index (κ2) is 7.51. The summed E-state index contributed by atoms with van der Waals surface area (Å²) < 4.78 is 17.0. The van der Waals surface area contributed by atoms with E-state index in [0.29, 0.717) is 0 Å². The molecule has 31 heavy (non-hydrogen) atoms. The van der Waals surface area contributed by atoms with Gasteiger partial charge in [0.05, 0.1) is 26.7 Å². The van der Waals surface area contributed by atoms with E-state index in [1.54, 1.807) is 21.3 Å². The molecule has 0 amide bonds. The molecule has 0 aromatic heterocycles. The van der Waals surface area contributed by atoms with Gasteiger partial charge in [-0.15, -0.1) is 0 Å². The number of rotatable bonds is 5. The van der Waals surface area contributed by atoms with Crippen LogP contribution >= 0.6 is 0 Å². The van der Waals surface area contributed by atoms with E-state index in [2.05, 4.69) is 66.7 Å². The highest BCUT2D eigenvalue weighted by Gasteiger charge is 2.47. The number of hydrogen-bond acceptors (Lipinski definition) is 3. The predicted molar refractivity (Wildman–Crippen MR) is 123 cm³/mol. The molecule has 5 rings (SSSR count). The minimum Gasteiger partial charge on any atom is -0.497 e. The SMILES string of the molecule is COc1ccc2c(c1)-c1cc(OC)ccc1C2(c1ccccc1)c1ccccc1OC. The van der Waals surface area contributed by atoms with Gasteiger partial charge in [-0.2, -0.15) is 0 Å². The van der Waals surface area contributed by atoms with Gasteiger partial charge in [-0.3, -0.25) is 0 Å². The van der Waals surface area contributed by atoms with Gasteiger partial charge in [-0.05, 0) is 58.1 Å². The Balaban J connectivity index is 1.97. The van der Waals surface area contributed by atoms with Crippen molar-refractivity contribution in [2.24, 2.45) is 0 Å². The first-order valence-electron chi connectivity index (χ1n) is 10.3. The average molecular weight is 408 g/mol. The lowest BCUT2D eigenvalue weighted by molar-refractivity contribution is 0.405. The molecule has 4 aromatic rings. The highest BCUT2D eigenvalue weighted by Crippen LogP contribution is 2.58. The molecular formula is C28H24O3. The summed E-state index contributed by atoms with van der Waals surface area (Å²) in [7, 11) is 5.14. The number of fused-ring (bicyclic) bond motifs is 3. The van der Waals surface area contributed by atoms with E-state index < -0.39 is 5.41 Å². The van der Waals surface area contributed by atoms with Crippen molar-refractivity contribution in [3.8, 4) is 28.4 Å². The van der Waals surface area contributed by atoms with Crippen LogP contribution in [0.2, 0.25) is 0 Å². The van der Waals surface area contributed by atoms with Crippen molar-refractivity contribution in [1.82, 2.24) is 0 Å². The van der Waals surface area contributed by atoms with E-state index in [0.717, 1.165) is 33.9 Å². The highest BCUT2D eigenvalue weighted by atomic mass is 16.5. The van der Waals surface area contributed by atoms with Crippen LogP contribution in [0.25, 0.3) is 11.1 Å². The molecule has 154 valence electrons. The normalized spacial score (nSPS) is 13.3. The summed E-state index contributed by atoms with van der Waals surface area (Å²) in [6, 6.07) is 31.6. The lowest BCUT2D eigenvalue weighted by Gasteiger charge is -2.34. The first kappa shape index (κ1) is 19.3. The molecule has 3 nitrogen and oxygen atoms in total. The molecule has 0 N–H and O–H groups in total. The van der Waals surface area contributed by atoms with Gasteiger partial charge in [0.25, 0.3) is 0 Å². The number of hydrogen-bond donors (Lipinski definition) is 0. The highest BCUT2D eigenvalue weighted by molar-refractivity contribution is 5.88.